The second-order valence-electron chi connectivity index (χ2n) is 4.87. The molecule has 0 saturated carbocycles. The summed E-state index contributed by atoms with van der Waals surface area (Å²) in [4.78, 5) is 12.2. The average molecular weight is 243 g/mol. The minimum Gasteiger partial charge on any atom is -0.460 e. The van der Waals surface area contributed by atoms with E-state index < -0.39 is 0 Å². The molecule has 0 fully saturated rings. The fourth-order valence-corrected chi connectivity index (χ4v) is 2.06. The number of carbonyl (C=O) groups excluding carboxylic acids is 1. The van der Waals surface area contributed by atoms with Crippen molar-refractivity contribution in [3.63, 3.8) is 0 Å². The molecule has 4 nitrogen and oxygen atoms in total. The van der Waals surface area contributed by atoms with Crippen molar-refractivity contribution in [2.75, 3.05) is 0 Å². The van der Waals surface area contributed by atoms with Gasteiger partial charge in [-0.25, -0.2) is 0 Å². The third-order valence-electron chi connectivity index (χ3n) is 2.79. The zero-order chi connectivity index (χ0) is 13.3. The summed E-state index contributed by atoms with van der Waals surface area (Å²) in [5, 5.41) is 3.20. The lowest BCUT2D eigenvalue weighted by Gasteiger charge is -2.15. The third kappa shape index (κ3) is 2.72. The lowest BCUT2D eigenvalue weighted by atomic mass is 9.78. The zero-order valence-electron chi connectivity index (χ0n) is 11.2. The number of hydrogen-bond donors (Lipinski definition) is 1. The van der Waals surface area contributed by atoms with Crippen LogP contribution in [0.2, 0.25) is 0 Å². The SMILES string of the molecule is BC(B)N[C@H](C)C(=O)c1ccc2c(c1)OC(B)O2. The van der Waals surface area contributed by atoms with Crippen molar-refractivity contribution < 1.29 is 14.3 Å². The molecule has 1 heterocycles. The molecular formula is C11H16B3NO3. The summed E-state index contributed by atoms with van der Waals surface area (Å²) in [5.74, 6) is 1.68. The van der Waals surface area contributed by atoms with Crippen molar-refractivity contribution in [3.8, 4) is 11.5 Å². The lowest BCUT2D eigenvalue weighted by molar-refractivity contribution is 0.0951. The Labute approximate surface area is 110 Å². The molecule has 1 N–H and O–H groups in total. The maximum Gasteiger partial charge on any atom is 0.207 e. The second kappa shape index (κ2) is 5.10. The summed E-state index contributed by atoms with van der Waals surface area (Å²) in [5.41, 5.74) is 0.645. The number of carbonyl (C=O) groups is 1. The minimum atomic E-state index is -0.281. The number of rotatable bonds is 4. The number of ketones is 1. The summed E-state index contributed by atoms with van der Waals surface area (Å²) in [6.45, 7) is 1.87. The fourth-order valence-electron chi connectivity index (χ4n) is 2.06. The van der Waals surface area contributed by atoms with Crippen LogP contribution in [0.3, 0.4) is 0 Å². The van der Waals surface area contributed by atoms with Crippen LogP contribution in [0.1, 0.15) is 17.3 Å². The fraction of sp³-hybridized carbons (Fsp3) is 0.364. The third-order valence-corrected chi connectivity index (χ3v) is 2.79. The highest BCUT2D eigenvalue weighted by Gasteiger charge is 2.23. The van der Waals surface area contributed by atoms with Gasteiger partial charge >= 0.3 is 0 Å². The number of Topliss-reactive ketones (excluding diaryl/α,β-unsaturated/α-hetero) is 1. The van der Waals surface area contributed by atoms with Gasteiger partial charge in [0.25, 0.3) is 0 Å². The van der Waals surface area contributed by atoms with Gasteiger partial charge in [-0.05, 0) is 25.1 Å². The molecule has 0 radical (unpaired) electrons. The van der Waals surface area contributed by atoms with Crippen molar-refractivity contribution in [1.29, 1.82) is 0 Å². The van der Waals surface area contributed by atoms with Crippen LogP contribution in [0.4, 0.5) is 0 Å². The number of nitrogens with one attached hydrogen (secondary N) is 1. The summed E-state index contributed by atoms with van der Waals surface area (Å²) in [6, 6.07) is 5.11. The van der Waals surface area contributed by atoms with E-state index in [0.717, 1.165) is 0 Å². The first-order chi connectivity index (χ1) is 8.47. The monoisotopic (exact) mass is 243 g/mol. The van der Waals surface area contributed by atoms with Gasteiger partial charge in [0.05, 0.1) is 6.04 Å². The molecule has 0 aliphatic carbocycles. The van der Waals surface area contributed by atoms with E-state index in [9.17, 15) is 4.79 Å². The summed E-state index contributed by atoms with van der Waals surface area (Å²) < 4.78 is 10.9. The number of benzene rings is 1. The quantitative estimate of drug-likeness (QED) is 0.494. The van der Waals surface area contributed by atoms with Crippen LogP contribution < -0.4 is 14.8 Å². The maximum absolute atomic E-state index is 12.2. The lowest BCUT2D eigenvalue weighted by Crippen LogP contribution is -2.41. The first-order valence-corrected chi connectivity index (χ1v) is 6.25. The standard InChI is InChI=1S/C11H16B3NO3/c1-5(15-10(12)13)9(16)6-2-3-7-8(4-6)18-11(14)17-7/h2-5,10-11,15H,12-14H2,1H3/t5-,11?/m1/s1. The molecule has 1 aromatic carbocycles. The normalized spacial score (nSPS) is 18.9. The predicted octanol–water partition coefficient (Wildman–Crippen LogP) is -1.91. The molecule has 2 atom stereocenters. The van der Waals surface area contributed by atoms with Crippen molar-refractivity contribution in [2.45, 2.75) is 25.0 Å². The molecule has 0 bridgehead atoms. The molecule has 1 aliphatic heterocycles. The molecular weight excluding hydrogens is 227 g/mol. The molecule has 1 aromatic rings. The van der Waals surface area contributed by atoms with Crippen molar-refractivity contribution >= 4 is 29.3 Å². The van der Waals surface area contributed by atoms with E-state index in [2.05, 4.69) is 5.32 Å². The van der Waals surface area contributed by atoms with E-state index in [1.165, 1.54) is 0 Å². The summed E-state index contributed by atoms with van der Waals surface area (Å²) >= 11 is 0. The van der Waals surface area contributed by atoms with Gasteiger partial charge in [-0.15, -0.1) is 0 Å². The molecule has 92 valence electrons. The number of hydrogen-bond acceptors (Lipinski definition) is 4. The Hall–Kier alpha value is -1.36. The average Bonchev–Trinajstić information content (AvgIpc) is 2.65. The molecule has 18 heavy (non-hydrogen) atoms. The highest BCUT2D eigenvalue weighted by atomic mass is 16.7. The van der Waals surface area contributed by atoms with E-state index in [1.807, 2.05) is 30.5 Å². The Morgan fingerprint density at radius 3 is 2.67 bits per heavy atom. The van der Waals surface area contributed by atoms with Crippen LogP contribution in [0, 0.1) is 0 Å². The molecule has 1 unspecified atom stereocenters. The Balaban J connectivity index is 2.15. The van der Waals surface area contributed by atoms with Gasteiger partial charge in [0.2, 0.25) is 7.85 Å². The van der Waals surface area contributed by atoms with Crippen molar-refractivity contribution in [3.05, 3.63) is 23.8 Å². The second-order valence-corrected chi connectivity index (χ2v) is 4.87. The van der Waals surface area contributed by atoms with Crippen LogP contribution in [-0.2, 0) is 0 Å². The van der Waals surface area contributed by atoms with Crippen LogP contribution >= 0.6 is 0 Å². The van der Waals surface area contributed by atoms with E-state index in [4.69, 9.17) is 9.47 Å². The molecule has 1 aliphatic rings. The number of fused-ring (bicyclic) bond motifs is 1. The van der Waals surface area contributed by atoms with Crippen molar-refractivity contribution in [1.82, 2.24) is 5.32 Å². The largest absolute Gasteiger partial charge is 0.460 e. The van der Waals surface area contributed by atoms with E-state index >= 15 is 0 Å². The van der Waals surface area contributed by atoms with Gasteiger partial charge in [0.15, 0.2) is 23.5 Å². The molecule has 7 heteroatoms. The summed E-state index contributed by atoms with van der Waals surface area (Å²) in [7, 11) is 5.86. The first-order valence-electron chi connectivity index (χ1n) is 6.25. The van der Waals surface area contributed by atoms with Crippen LogP contribution in [-0.4, -0.2) is 47.4 Å². The summed E-state index contributed by atoms with van der Waals surface area (Å²) in [6.07, 6.45) is -0.281. The topological polar surface area (TPSA) is 47.6 Å². The smallest absolute Gasteiger partial charge is 0.207 e. The van der Waals surface area contributed by atoms with Gasteiger partial charge in [0.1, 0.15) is 15.7 Å². The van der Waals surface area contributed by atoms with E-state index in [0.29, 0.717) is 17.1 Å². The van der Waals surface area contributed by atoms with Gasteiger partial charge in [-0.3, -0.25) is 4.79 Å². The number of ether oxygens (including phenoxy) is 2. The maximum atomic E-state index is 12.2. The molecule has 0 spiro atoms. The molecule has 2 rings (SSSR count). The molecule has 0 aromatic heterocycles. The Morgan fingerprint density at radius 2 is 2.00 bits per heavy atom. The van der Waals surface area contributed by atoms with E-state index in [1.54, 1.807) is 18.2 Å². The Bertz CT molecular complexity index is 467. The molecule has 0 saturated heterocycles. The predicted molar refractivity (Wildman–Crippen MR) is 77.8 cm³/mol. The van der Waals surface area contributed by atoms with Crippen molar-refractivity contribution in [2.24, 2.45) is 0 Å². The van der Waals surface area contributed by atoms with Gasteiger partial charge in [-0.2, -0.15) is 0 Å². The first kappa shape index (κ1) is 13.1. The van der Waals surface area contributed by atoms with Crippen LogP contribution in [0.5, 0.6) is 11.5 Å². The van der Waals surface area contributed by atoms with Gasteiger partial charge in [-0.1, -0.05) is 5.84 Å². The van der Waals surface area contributed by atoms with E-state index in [-0.39, 0.29) is 23.9 Å². The van der Waals surface area contributed by atoms with Crippen LogP contribution in [0.25, 0.3) is 0 Å². The highest BCUT2D eigenvalue weighted by Crippen LogP contribution is 2.34. The Kier molecular flexibility index (Phi) is 3.71. The Morgan fingerprint density at radius 1 is 1.33 bits per heavy atom. The van der Waals surface area contributed by atoms with Gasteiger partial charge in [0, 0.05) is 5.56 Å². The molecule has 0 amide bonds. The highest BCUT2D eigenvalue weighted by molar-refractivity contribution is 6.35. The van der Waals surface area contributed by atoms with Crippen LogP contribution in [0.15, 0.2) is 18.2 Å². The zero-order valence-corrected chi connectivity index (χ0v) is 11.2. The minimum absolute atomic E-state index is 0.0645. The van der Waals surface area contributed by atoms with Gasteiger partial charge < -0.3 is 14.8 Å².